The van der Waals surface area contributed by atoms with Gasteiger partial charge in [0.05, 0.1) is 13.2 Å². The third kappa shape index (κ3) is 5.72. The van der Waals surface area contributed by atoms with Gasteiger partial charge in [0.1, 0.15) is 5.78 Å². The molecular formula is C7H14O3. The lowest BCUT2D eigenvalue weighted by Gasteiger charge is -1.97. The Labute approximate surface area is 61.3 Å². The highest BCUT2D eigenvalue weighted by Gasteiger charge is 1.99. The van der Waals surface area contributed by atoms with Crippen LogP contribution in [0.3, 0.4) is 0 Å². The van der Waals surface area contributed by atoms with E-state index in [0.717, 1.165) is 0 Å². The molecule has 0 fully saturated rings. The zero-order valence-electron chi connectivity index (χ0n) is 6.55. The molecule has 0 spiro atoms. The van der Waals surface area contributed by atoms with E-state index < -0.39 is 0 Å². The Morgan fingerprint density at radius 1 is 1.10 bits per heavy atom. The second-order valence-electron chi connectivity index (χ2n) is 2.02. The number of ketones is 1. The van der Waals surface area contributed by atoms with Crippen molar-refractivity contribution in [1.82, 2.24) is 0 Å². The molecule has 0 amide bonds. The summed E-state index contributed by atoms with van der Waals surface area (Å²) in [5.41, 5.74) is 0. The lowest BCUT2D eigenvalue weighted by Crippen LogP contribution is -2.05. The van der Waals surface area contributed by atoms with Crippen LogP contribution in [0.2, 0.25) is 0 Å². The molecule has 10 heavy (non-hydrogen) atoms. The molecule has 3 heteroatoms. The van der Waals surface area contributed by atoms with Crippen molar-refractivity contribution in [3.63, 3.8) is 0 Å². The van der Waals surface area contributed by atoms with E-state index in [9.17, 15) is 4.79 Å². The minimum Gasteiger partial charge on any atom is -0.384 e. The summed E-state index contributed by atoms with van der Waals surface area (Å²) in [5, 5.41) is 0. The Bertz CT molecular complexity index is 80.9. The number of methoxy groups -OCH3 is 2. The van der Waals surface area contributed by atoms with Gasteiger partial charge in [0, 0.05) is 27.1 Å². The van der Waals surface area contributed by atoms with Crippen molar-refractivity contribution in [3.05, 3.63) is 0 Å². The van der Waals surface area contributed by atoms with Gasteiger partial charge in [-0.2, -0.15) is 0 Å². The van der Waals surface area contributed by atoms with Crippen molar-refractivity contribution in [2.24, 2.45) is 0 Å². The number of Topliss-reactive ketones (excluding diaryl/α,β-unsaturated/α-hetero) is 1. The first-order valence-electron chi connectivity index (χ1n) is 3.31. The average molecular weight is 146 g/mol. The number of hydrogen-bond acceptors (Lipinski definition) is 3. The maximum Gasteiger partial charge on any atom is 0.137 e. The zero-order valence-corrected chi connectivity index (χ0v) is 6.55. The first-order valence-corrected chi connectivity index (χ1v) is 3.31. The molecule has 0 heterocycles. The minimum absolute atomic E-state index is 0.198. The summed E-state index contributed by atoms with van der Waals surface area (Å²) in [6.07, 6.45) is 1.000. The molecule has 60 valence electrons. The lowest BCUT2D eigenvalue weighted by molar-refractivity contribution is -0.120. The predicted octanol–water partition coefficient (Wildman–Crippen LogP) is 0.629. The van der Waals surface area contributed by atoms with Crippen molar-refractivity contribution >= 4 is 5.78 Å². The molecule has 0 rings (SSSR count). The van der Waals surface area contributed by atoms with Crippen molar-refractivity contribution < 1.29 is 14.3 Å². The van der Waals surface area contributed by atoms with Crippen molar-refractivity contribution in [3.8, 4) is 0 Å². The molecule has 3 nitrogen and oxygen atoms in total. The Morgan fingerprint density at radius 3 is 1.80 bits per heavy atom. The molecule has 0 N–H and O–H groups in total. The van der Waals surface area contributed by atoms with Crippen molar-refractivity contribution in [2.75, 3.05) is 27.4 Å². The van der Waals surface area contributed by atoms with E-state index in [4.69, 9.17) is 9.47 Å². The summed E-state index contributed by atoms with van der Waals surface area (Å²) >= 11 is 0. The van der Waals surface area contributed by atoms with E-state index in [0.29, 0.717) is 26.1 Å². The Hall–Kier alpha value is -0.410. The van der Waals surface area contributed by atoms with E-state index >= 15 is 0 Å². The third-order valence-corrected chi connectivity index (χ3v) is 1.17. The van der Waals surface area contributed by atoms with Crippen LogP contribution >= 0.6 is 0 Å². The second-order valence-corrected chi connectivity index (χ2v) is 2.02. The topological polar surface area (TPSA) is 35.5 Å². The zero-order chi connectivity index (χ0) is 7.82. The van der Waals surface area contributed by atoms with Crippen LogP contribution in [-0.4, -0.2) is 33.2 Å². The van der Waals surface area contributed by atoms with Gasteiger partial charge in [-0.25, -0.2) is 0 Å². The summed E-state index contributed by atoms with van der Waals surface area (Å²) in [5.74, 6) is 0.198. The quantitative estimate of drug-likeness (QED) is 0.551. The largest absolute Gasteiger partial charge is 0.384 e. The molecule has 0 saturated heterocycles. The van der Waals surface area contributed by atoms with Crippen LogP contribution in [0.1, 0.15) is 12.8 Å². The number of carbonyl (C=O) groups is 1. The minimum atomic E-state index is 0.198. The SMILES string of the molecule is COCCC(=O)CCOC. The molecule has 0 aliphatic rings. The van der Waals surface area contributed by atoms with Crippen LogP contribution in [0.15, 0.2) is 0 Å². The summed E-state index contributed by atoms with van der Waals surface area (Å²) in [7, 11) is 3.17. The average Bonchev–Trinajstić information content (AvgIpc) is 1.97. The molecular weight excluding hydrogens is 132 g/mol. The standard InChI is InChI=1S/C7H14O3/c1-9-5-3-7(8)4-6-10-2/h3-6H2,1-2H3. The van der Waals surface area contributed by atoms with Gasteiger partial charge in [-0.15, -0.1) is 0 Å². The summed E-state index contributed by atoms with van der Waals surface area (Å²) in [6, 6.07) is 0. The smallest absolute Gasteiger partial charge is 0.137 e. The van der Waals surface area contributed by atoms with Gasteiger partial charge in [0.15, 0.2) is 0 Å². The first kappa shape index (κ1) is 9.59. The van der Waals surface area contributed by atoms with Crippen LogP contribution in [0, 0.1) is 0 Å². The van der Waals surface area contributed by atoms with Gasteiger partial charge in [0.25, 0.3) is 0 Å². The molecule has 0 bridgehead atoms. The van der Waals surface area contributed by atoms with Crippen LogP contribution in [0.4, 0.5) is 0 Å². The van der Waals surface area contributed by atoms with Crippen molar-refractivity contribution in [1.29, 1.82) is 0 Å². The lowest BCUT2D eigenvalue weighted by atomic mass is 10.2. The summed E-state index contributed by atoms with van der Waals surface area (Å²) in [6.45, 7) is 1.03. The van der Waals surface area contributed by atoms with Gasteiger partial charge in [-0.1, -0.05) is 0 Å². The summed E-state index contributed by atoms with van der Waals surface area (Å²) < 4.78 is 9.46. The fraction of sp³-hybridized carbons (Fsp3) is 0.857. The van der Waals surface area contributed by atoms with E-state index in [1.54, 1.807) is 14.2 Å². The highest BCUT2D eigenvalue weighted by molar-refractivity contribution is 5.78. The van der Waals surface area contributed by atoms with Crippen LogP contribution in [0.25, 0.3) is 0 Å². The Balaban J connectivity index is 3.09. The van der Waals surface area contributed by atoms with Gasteiger partial charge < -0.3 is 9.47 Å². The van der Waals surface area contributed by atoms with Gasteiger partial charge in [-0.05, 0) is 0 Å². The fourth-order valence-electron chi connectivity index (χ4n) is 0.557. The van der Waals surface area contributed by atoms with E-state index in [1.807, 2.05) is 0 Å². The molecule has 0 radical (unpaired) electrons. The molecule has 0 aromatic rings. The molecule has 0 aliphatic heterocycles. The predicted molar refractivity (Wildman–Crippen MR) is 38.0 cm³/mol. The number of carbonyl (C=O) groups excluding carboxylic acids is 1. The Morgan fingerprint density at radius 2 is 1.50 bits per heavy atom. The van der Waals surface area contributed by atoms with Crippen LogP contribution in [0.5, 0.6) is 0 Å². The fourth-order valence-corrected chi connectivity index (χ4v) is 0.557. The molecule has 0 atom stereocenters. The normalized spacial score (nSPS) is 9.80. The molecule has 0 aliphatic carbocycles. The maximum atomic E-state index is 10.8. The molecule has 0 saturated carbocycles. The van der Waals surface area contributed by atoms with Gasteiger partial charge >= 0.3 is 0 Å². The van der Waals surface area contributed by atoms with Crippen molar-refractivity contribution in [2.45, 2.75) is 12.8 Å². The van der Waals surface area contributed by atoms with Gasteiger partial charge in [0.2, 0.25) is 0 Å². The number of hydrogen-bond donors (Lipinski definition) is 0. The monoisotopic (exact) mass is 146 g/mol. The number of ether oxygens (including phenoxy) is 2. The van der Waals surface area contributed by atoms with Gasteiger partial charge in [-0.3, -0.25) is 4.79 Å². The van der Waals surface area contributed by atoms with Crippen LogP contribution in [-0.2, 0) is 14.3 Å². The molecule has 0 aromatic carbocycles. The third-order valence-electron chi connectivity index (χ3n) is 1.17. The van der Waals surface area contributed by atoms with E-state index in [-0.39, 0.29) is 5.78 Å². The van der Waals surface area contributed by atoms with E-state index in [2.05, 4.69) is 0 Å². The number of rotatable bonds is 6. The molecule has 0 aromatic heterocycles. The van der Waals surface area contributed by atoms with Crippen LogP contribution < -0.4 is 0 Å². The maximum absolute atomic E-state index is 10.8. The first-order chi connectivity index (χ1) is 4.81. The highest BCUT2D eigenvalue weighted by Crippen LogP contribution is 1.89. The van der Waals surface area contributed by atoms with E-state index in [1.165, 1.54) is 0 Å². The highest BCUT2D eigenvalue weighted by atomic mass is 16.5. The summed E-state index contributed by atoms with van der Waals surface area (Å²) in [4.78, 5) is 10.8. The molecule has 0 unspecified atom stereocenters. The Kier molecular flexibility index (Phi) is 6.43. The second kappa shape index (κ2) is 6.71.